The van der Waals surface area contributed by atoms with Gasteiger partial charge < -0.3 is 0 Å². The summed E-state index contributed by atoms with van der Waals surface area (Å²) in [6, 6.07) is 52.0. The van der Waals surface area contributed by atoms with Crippen LogP contribution in [0.5, 0.6) is 0 Å². The van der Waals surface area contributed by atoms with Gasteiger partial charge in [-0.2, -0.15) is 0 Å². The normalized spacial score (nSPS) is 11.0. The van der Waals surface area contributed by atoms with E-state index in [-0.39, 0.29) is 0 Å². The van der Waals surface area contributed by atoms with Gasteiger partial charge in [-0.05, 0) is 78.3 Å². The second-order valence-corrected chi connectivity index (χ2v) is 9.90. The van der Waals surface area contributed by atoms with Gasteiger partial charge in [0.25, 0.3) is 0 Å². The highest BCUT2D eigenvalue weighted by Crippen LogP contribution is 2.43. The van der Waals surface area contributed by atoms with Crippen molar-refractivity contribution in [3.05, 3.63) is 157 Å². The Bertz CT molecular complexity index is 2020. The lowest BCUT2D eigenvalue weighted by Crippen LogP contribution is -1.97. The first-order valence-corrected chi connectivity index (χ1v) is 13.4. The van der Waals surface area contributed by atoms with E-state index in [2.05, 4.69) is 139 Å². The molecule has 0 fully saturated rings. The maximum atomic E-state index is 3.53. The van der Waals surface area contributed by atoms with Crippen LogP contribution in [0.1, 0.15) is 11.1 Å². The Kier molecular flexibility index (Phi) is 5.89. The lowest BCUT2D eigenvalue weighted by atomic mass is 9.83. The predicted molar refractivity (Wildman–Crippen MR) is 167 cm³/mol. The highest BCUT2D eigenvalue weighted by Gasteiger charge is 2.18. The summed E-state index contributed by atoms with van der Waals surface area (Å²) in [5.41, 5.74) is 7.29. The molecule has 0 heteroatoms. The van der Waals surface area contributed by atoms with Crippen molar-refractivity contribution in [2.75, 3.05) is 0 Å². The fourth-order valence-corrected chi connectivity index (χ4v) is 5.77. The number of fused-ring (bicyclic) bond motifs is 4. The van der Waals surface area contributed by atoms with Crippen molar-refractivity contribution in [3.63, 3.8) is 0 Å². The molecular formula is C39H26. The van der Waals surface area contributed by atoms with Gasteiger partial charge in [-0.15, -0.1) is 0 Å². The van der Waals surface area contributed by atoms with E-state index in [0.29, 0.717) is 6.42 Å². The summed E-state index contributed by atoms with van der Waals surface area (Å²) in [4.78, 5) is 0. The zero-order valence-electron chi connectivity index (χ0n) is 21.6. The van der Waals surface area contributed by atoms with E-state index in [1.807, 2.05) is 18.2 Å². The molecule has 7 aromatic rings. The van der Waals surface area contributed by atoms with Crippen molar-refractivity contribution < 1.29 is 0 Å². The van der Waals surface area contributed by atoms with E-state index in [0.717, 1.165) is 5.56 Å². The van der Waals surface area contributed by atoms with Crippen LogP contribution in [0.3, 0.4) is 0 Å². The summed E-state index contributed by atoms with van der Waals surface area (Å²) in [5, 5.41) is 7.57. The number of hydrogen-bond acceptors (Lipinski definition) is 0. The second-order valence-electron chi connectivity index (χ2n) is 9.90. The Morgan fingerprint density at radius 1 is 0.436 bits per heavy atom. The number of rotatable bonds is 3. The monoisotopic (exact) mass is 494 g/mol. The van der Waals surface area contributed by atoms with Crippen molar-refractivity contribution in [3.8, 4) is 34.1 Å². The molecule has 39 heavy (non-hydrogen) atoms. The van der Waals surface area contributed by atoms with E-state index in [9.17, 15) is 0 Å². The molecule has 0 aliphatic heterocycles. The van der Waals surface area contributed by atoms with Crippen molar-refractivity contribution >= 4 is 32.3 Å². The van der Waals surface area contributed by atoms with E-state index < -0.39 is 0 Å². The number of hydrogen-bond donors (Lipinski definition) is 0. The minimum atomic E-state index is 0.659. The molecule has 0 N–H and O–H groups in total. The lowest BCUT2D eigenvalue weighted by molar-refractivity contribution is 1.35. The van der Waals surface area contributed by atoms with Gasteiger partial charge in [0.1, 0.15) is 0 Å². The van der Waals surface area contributed by atoms with Crippen LogP contribution in [0.2, 0.25) is 0 Å². The van der Waals surface area contributed by atoms with Gasteiger partial charge in [-0.25, -0.2) is 0 Å². The minimum Gasteiger partial charge on any atom is -0.0931 e. The van der Waals surface area contributed by atoms with E-state index in [1.54, 1.807) is 0 Å². The first-order valence-electron chi connectivity index (χ1n) is 13.4. The van der Waals surface area contributed by atoms with Crippen molar-refractivity contribution in [1.29, 1.82) is 0 Å². The van der Waals surface area contributed by atoms with Crippen LogP contribution in [0.25, 0.3) is 54.6 Å². The quantitative estimate of drug-likeness (QED) is 0.169. The molecule has 7 rings (SSSR count). The smallest absolute Gasteiger partial charge is 0.0356 e. The van der Waals surface area contributed by atoms with Gasteiger partial charge in [0, 0.05) is 12.0 Å². The van der Waals surface area contributed by atoms with Crippen LogP contribution in [0.4, 0.5) is 0 Å². The van der Waals surface area contributed by atoms with Gasteiger partial charge in [0.05, 0.1) is 0 Å². The molecule has 0 aromatic heterocycles. The van der Waals surface area contributed by atoms with Crippen molar-refractivity contribution in [2.45, 2.75) is 6.42 Å². The summed E-state index contributed by atoms with van der Waals surface area (Å²) in [6.45, 7) is 0. The Morgan fingerprint density at radius 3 is 1.87 bits per heavy atom. The van der Waals surface area contributed by atoms with Crippen LogP contribution in [-0.4, -0.2) is 0 Å². The fourth-order valence-electron chi connectivity index (χ4n) is 5.77. The molecule has 182 valence electrons. The van der Waals surface area contributed by atoms with Gasteiger partial charge in [0.2, 0.25) is 0 Å². The highest BCUT2D eigenvalue weighted by atomic mass is 14.2. The van der Waals surface area contributed by atoms with Gasteiger partial charge in [0.15, 0.2) is 0 Å². The first kappa shape index (κ1) is 23.0. The molecule has 0 spiro atoms. The summed E-state index contributed by atoms with van der Waals surface area (Å²) in [5.74, 6) is 6.95. The lowest BCUT2D eigenvalue weighted by Gasteiger charge is -2.20. The van der Waals surface area contributed by atoms with Crippen LogP contribution in [0.15, 0.2) is 146 Å². The summed E-state index contributed by atoms with van der Waals surface area (Å²) in [6.07, 6.45) is 0.659. The molecule has 0 saturated heterocycles. The van der Waals surface area contributed by atoms with Crippen LogP contribution < -0.4 is 0 Å². The van der Waals surface area contributed by atoms with Gasteiger partial charge >= 0.3 is 0 Å². The van der Waals surface area contributed by atoms with Crippen LogP contribution in [0, 0.1) is 11.8 Å². The molecule has 0 nitrogen and oxygen atoms in total. The molecule has 0 atom stereocenters. The zero-order chi connectivity index (χ0) is 26.0. The van der Waals surface area contributed by atoms with E-state index >= 15 is 0 Å². The Morgan fingerprint density at radius 2 is 1.08 bits per heavy atom. The molecule has 0 heterocycles. The predicted octanol–water partition coefficient (Wildman–Crippen LogP) is 10.1. The Labute approximate surface area is 229 Å². The molecule has 0 amide bonds. The topological polar surface area (TPSA) is 0 Å². The molecule has 0 bridgehead atoms. The maximum absolute atomic E-state index is 3.53. The second kappa shape index (κ2) is 9.97. The molecule has 0 aliphatic rings. The van der Waals surface area contributed by atoms with Crippen LogP contribution >= 0.6 is 0 Å². The number of benzene rings is 7. The zero-order valence-corrected chi connectivity index (χ0v) is 21.6. The molecule has 7 aromatic carbocycles. The average molecular weight is 495 g/mol. The SMILES string of the molecule is C(#Cc1ccccc1)Cc1c(-c2ccccc2)c(-c2cccc3ccccc23)cc2c1ccc1ccccc12. The summed E-state index contributed by atoms with van der Waals surface area (Å²) < 4.78 is 0. The van der Waals surface area contributed by atoms with Gasteiger partial charge in [-0.1, -0.05) is 139 Å². The molecule has 0 unspecified atom stereocenters. The van der Waals surface area contributed by atoms with Gasteiger partial charge in [-0.3, -0.25) is 0 Å². The standard InChI is InChI=1S/C39H26/c1-3-13-28(14-4-1)15-11-24-36-35-26-25-30-17-8-10-22-33(30)37(35)27-38(39(36)31-18-5-2-6-19-31)34-23-12-20-29-16-7-9-21-32(29)34/h1-10,12-14,16-23,25-27H,24H2. The third-order valence-electron chi connectivity index (χ3n) is 7.57. The molecule has 0 saturated carbocycles. The maximum Gasteiger partial charge on any atom is 0.0356 e. The van der Waals surface area contributed by atoms with Crippen LogP contribution in [-0.2, 0) is 6.42 Å². The minimum absolute atomic E-state index is 0.659. The average Bonchev–Trinajstić information content (AvgIpc) is 3.01. The third kappa shape index (κ3) is 4.25. The third-order valence-corrected chi connectivity index (χ3v) is 7.57. The molecular weight excluding hydrogens is 468 g/mol. The Balaban J connectivity index is 1.60. The first-order chi connectivity index (χ1) is 19.4. The van der Waals surface area contributed by atoms with Crippen molar-refractivity contribution in [2.24, 2.45) is 0 Å². The largest absolute Gasteiger partial charge is 0.0931 e. The summed E-state index contributed by atoms with van der Waals surface area (Å²) in [7, 11) is 0. The Hall–Kier alpha value is -5.12. The van der Waals surface area contributed by atoms with E-state index in [4.69, 9.17) is 0 Å². The van der Waals surface area contributed by atoms with E-state index in [1.165, 1.54) is 60.1 Å². The summed E-state index contributed by atoms with van der Waals surface area (Å²) >= 11 is 0. The van der Waals surface area contributed by atoms with Crippen molar-refractivity contribution in [1.82, 2.24) is 0 Å². The fraction of sp³-hybridized carbons (Fsp3) is 0.0256. The molecule has 0 aliphatic carbocycles. The molecule has 0 radical (unpaired) electrons. The highest BCUT2D eigenvalue weighted by molar-refractivity contribution is 6.14.